The summed E-state index contributed by atoms with van der Waals surface area (Å²) < 4.78 is 15.7. The van der Waals surface area contributed by atoms with Gasteiger partial charge in [0.25, 0.3) is 0 Å². The van der Waals surface area contributed by atoms with E-state index in [-0.39, 0.29) is 11.9 Å². The fourth-order valence-electron chi connectivity index (χ4n) is 1.96. The molecule has 0 bridgehead atoms. The number of aromatic nitrogens is 2. The Morgan fingerprint density at radius 1 is 1.39 bits per heavy atom. The van der Waals surface area contributed by atoms with E-state index in [9.17, 15) is 4.39 Å². The molecule has 96 valence electrons. The molecular formula is C14H18FN3. The first-order valence-electron chi connectivity index (χ1n) is 6.25. The maximum absolute atomic E-state index is 13.8. The summed E-state index contributed by atoms with van der Waals surface area (Å²) in [5.74, 6) is 0.604. The van der Waals surface area contributed by atoms with Crippen LogP contribution in [0.5, 0.6) is 0 Å². The molecule has 3 nitrogen and oxygen atoms in total. The molecule has 1 unspecified atom stereocenters. The summed E-state index contributed by atoms with van der Waals surface area (Å²) in [6.07, 6.45) is 4.63. The average molecular weight is 247 g/mol. The molecule has 0 aliphatic heterocycles. The van der Waals surface area contributed by atoms with Gasteiger partial charge in [-0.1, -0.05) is 25.1 Å². The molecule has 0 amide bonds. The molecule has 0 aliphatic rings. The highest BCUT2D eigenvalue weighted by atomic mass is 19.1. The molecule has 1 N–H and O–H groups in total. The molecule has 0 fully saturated rings. The first kappa shape index (κ1) is 12.6. The number of hydrogen-bond donors (Lipinski definition) is 1. The van der Waals surface area contributed by atoms with Gasteiger partial charge in [0.15, 0.2) is 0 Å². The van der Waals surface area contributed by atoms with E-state index >= 15 is 0 Å². The van der Waals surface area contributed by atoms with Gasteiger partial charge in [0.05, 0.1) is 6.04 Å². The highest BCUT2D eigenvalue weighted by molar-refractivity contribution is 5.31. The lowest BCUT2D eigenvalue weighted by atomic mass is 10.1. The average Bonchev–Trinajstić information content (AvgIpc) is 2.84. The molecule has 0 spiro atoms. The van der Waals surface area contributed by atoms with Gasteiger partial charge >= 0.3 is 0 Å². The van der Waals surface area contributed by atoms with Gasteiger partial charge in [0.1, 0.15) is 5.82 Å². The molecule has 0 radical (unpaired) electrons. The van der Waals surface area contributed by atoms with Gasteiger partial charge < -0.3 is 9.88 Å². The van der Waals surface area contributed by atoms with Crippen LogP contribution in [-0.2, 0) is 0 Å². The smallest absolute Gasteiger partial charge is 0.203 e. The van der Waals surface area contributed by atoms with Gasteiger partial charge in [-0.25, -0.2) is 9.37 Å². The summed E-state index contributed by atoms with van der Waals surface area (Å²) in [4.78, 5) is 4.26. The number of hydrogen-bond acceptors (Lipinski definition) is 2. The molecule has 2 rings (SSSR count). The van der Waals surface area contributed by atoms with E-state index in [0.717, 1.165) is 18.9 Å². The number of benzene rings is 1. The van der Waals surface area contributed by atoms with E-state index in [1.165, 1.54) is 6.07 Å². The Morgan fingerprint density at radius 2 is 2.17 bits per heavy atom. The predicted octanol–water partition coefficient (Wildman–Crippen LogP) is 3.45. The quantitative estimate of drug-likeness (QED) is 0.877. The van der Waals surface area contributed by atoms with Crippen molar-refractivity contribution in [2.75, 3.05) is 11.9 Å². The monoisotopic (exact) mass is 247 g/mol. The van der Waals surface area contributed by atoms with Crippen molar-refractivity contribution in [3.05, 3.63) is 48.0 Å². The van der Waals surface area contributed by atoms with Crippen LogP contribution in [0.25, 0.3) is 0 Å². The molecule has 1 heterocycles. The van der Waals surface area contributed by atoms with Crippen molar-refractivity contribution in [1.29, 1.82) is 0 Å². The molecule has 4 heteroatoms. The molecule has 1 aromatic carbocycles. The number of halogens is 1. The van der Waals surface area contributed by atoms with Crippen LogP contribution in [0.15, 0.2) is 36.7 Å². The summed E-state index contributed by atoms with van der Waals surface area (Å²) in [6, 6.07) is 6.78. The minimum absolute atomic E-state index is 0.0759. The molecule has 1 aromatic heterocycles. The minimum atomic E-state index is -0.180. The Kier molecular flexibility index (Phi) is 3.97. The van der Waals surface area contributed by atoms with Crippen LogP contribution in [0.4, 0.5) is 10.3 Å². The molecule has 0 aliphatic carbocycles. The second-order valence-corrected chi connectivity index (χ2v) is 4.28. The van der Waals surface area contributed by atoms with Crippen molar-refractivity contribution in [2.45, 2.75) is 26.3 Å². The van der Waals surface area contributed by atoms with Crippen LogP contribution >= 0.6 is 0 Å². The Hall–Kier alpha value is -1.84. The Balaban J connectivity index is 2.26. The zero-order chi connectivity index (χ0) is 13.0. The zero-order valence-electron chi connectivity index (χ0n) is 10.7. The normalized spacial score (nSPS) is 12.4. The van der Waals surface area contributed by atoms with Gasteiger partial charge in [-0.2, -0.15) is 0 Å². The maximum atomic E-state index is 13.8. The lowest BCUT2D eigenvalue weighted by Gasteiger charge is -2.17. The summed E-state index contributed by atoms with van der Waals surface area (Å²) >= 11 is 0. The van der Waals surface area contributed by atoms with Crippen molar-refractivity contribution in [2.24, 2.45) is 0 Å². The molecular weight excluding hydrogens is 229 g/mol. The molecule has 18 heavy (non-hydrogen) atoms. The Bertz CT molecular complexity index is 507. The molecule has 1 atom stereocenters. The third-order valence-electron chi connectivity index (χ3n) is 2.97. The van der Waals surface area contributed by atoms with Crippen molar-refractivity contribution in [3.63, 3.8) is 0 Å². The van der Waals surface area contributed by atoms with Crippen LogP contribution in [0.3, 0.4) is 0 Å². The molecule has 2 aromatic rings. The number of nitrogens with one attached hydrogen (secondary N) is 1. The predicted molar refractivity (Wildman–Crippen MR) is 71.2 cm³/mol. The highest BCUT2D eigenvalue weighted by Gasteiger charge is 2.14. The summed E-state index contributed by atoms with van der Waals surface area (Å²) in [5.41, 5.74) is 0.676. The van der Waals surface area contributed by atoms with Crippen molar-refractivity contribution in [3.8, 4) is 0 Å². The van der Waals surface area contributed by atoms with E-state index < -0.39 is 0 Å². The van der Waals surface area contributed by atoms with Gasteiger partial charge in [-0.05, 0) is 19.4 Å². The van der Waals surface area contributed by atoms with E-state index in [1.54, 1.807) is 12.3 Å². The lowest BCUT2D eigenvalue weighted by Crippen LogP contribution is -2.13. The molecule has 0 saturated heterocycles. The third-order valence-corrected chi connectivity index (χ3v) is 2.97. The standard InChI is InChI=1S/C14H18FN3/c1-3-8-16-14-17-9-10-18(14)11(2)12-6-4-5-7-13(12)15/h4-7,9-11H,3,8H2,1-2H3,(H,16,17). The van der Waals surface area contributed by atoms with Gasteiger partial charge in [-0.15, -0.1) is 0 Å². The highest BCUT2D eigenvalue weighted by Crippen LogP contribution is 2.23. The maximum Gasteiger partial charge on any atom is 0.203 e. The van der Waals surface area contributed by atoms with E-state index in [2.05, 4.69) is 17.2 Å². The summed E-state index contributed by atoms with van der Waals surface area (Å²) in [5, 5.41) is 3.24. The lowest BCUT2D eigenvalue weighted by molar-refractivity contribution is 0.559. The van der Waals surface area contributed by atoms with Gasteiger partial charge in [-0.3, -0.25) is 0 Å². The second kappa shape index (κ2) is 5.67. The first-order valence-corrected chi connectivity index (χ1v) is 6.25. The SMILES string of the molecule is CCCNc1nccn1C(C)c1ccccc1F. The number of rotatable bonds is 5. The minimum Gasteiger partial charge on any atom is -0.356 e. The summed E-state index contributed by atoms with van der Waals surface area (Å²) in [6.45, 7) is 4.93. The molecule has 0 saturated carbocycles. The van der Waals surface area contributed by atoms with Crippen LogP contribution in [0, 0.1) is 5.82 Å². The zero-order valence-corrected chi connectivity index (χ0v) is 10.7. The number of anilines is 1. The Labute approximate surface area is 107 Å². The first-order chi connectivity index (χ1) is 8.74. The van der Waals surface area contributed by atoms with E-state index in [1.807, 2.05) is 29.8 Å². The fraction of sp³-hybridized carbons (Fsp3) is 0.357. The number of nitrogens with zero attached hydrogens (tertiary/aromatic N) is 2. The van der Waals surface area contributed by atoms with Crippen molar-refractivity contribution >= 4 is 5.95 Å². The second-order valence-electron chi connectivity index (χ2n) is 4.28. The van der Waals surface area contributed by atoms with Crippen molar-refractivity contribution < 1.29 is 4.39 Å². The van der Waals surface area contributed by atoms with E-state index in [0.29, 0.717) is 5.56 Å². The fourth-order valence-corrected chi connectivity index (χ4v) is 1.96. The van der Waals surface area contributed by atoms with Crippen LogP contribution in [0.1, 0.15) is 31.9 Å². The number of imidazole rings is 1. The van der Waals surface area contributed by atoms with E-state index in [4.69, 9.17) is 0 Å². The van der Waals surface area contributed by atoms with Gasteiger partial charge in [0, 0.05) is 24.5 Å². The Morgan fingerprint density at radius 3 is 2.89 bits per heavy atom. The largest absolute Gasteiger partial charge is 0.356 e. The van der Waals surface area contributed by atoms with Gasteiger partial charge in [0.2, 0.25) is 5.95 Å². The van der Waals surface area contributed by atoms with Crippen LogP contribution < -0.4 is 5.32 Å². The summed E-state index contributed by atoms with van der Waals surface area (Å²) in [7, 11) is 0. The third kappa shape index (κ3) is 2.53. The van der Waals surface area contributed by atoms with Crippen LogP contribution in [0.2, 0.25) is 0 Å². The van der Waals surface area contributed by atoms with Crippen molar-refractivity contribution in [1.82, 2.24) is 9.55 Å². The van der Waals surface area contributed by atoms with Crippen LogP contribution in [-0.4, -0.2) is 16.1 Å². The topological polar surface area (TPSA) is 29.9 Å².